The molecule has 2 aliphatic rings. The Bertz CT molecular complexity index is 806. The molecule has 2 aromatic rings. The number of nitrogens with zero attached hydrogens (tertiary/aromatic N) is 1. The maximum Gasteiger partial charge on any atom is 0.225 e. The van der Waals surface area contributed by atoms with Gasteiger partial charge in [0.05, 0.1) is 18.6 Å². The van der Waals surface area contributed by atoms with E-state index in [-0.39, 0.29) is 30.2 Å². The van der Waals surface area contributed by atoms with E-state index in [2.05, 4.69) is 5.32 Å². The maximum atomic E-state index is 12.7. The minimum absolute atomic E-state index is 0.0429. The standard InChI is InChI=1S/C21H22N2O3/c24-20-12-16(14-23(20)13-15-6-2-1-3-7-15)21(25)22-18-10-11-26-19-9-5-4-8-17(18)19/h1-9,16,18H,10-14H2,(H,22,25)/t16-,18-/m0/s1. The summed E-state index contributed by atoms with van der Waals surface area (Å²) in [6.45, 7) is 1.62. The molecule has 0 aromatic heterocycles. The van der Waals surface area contributed by atoms with Crippen LogP contribution < -0.4 is 10.1 Å². The summed E-state index contributed by atoms with van der Waals surface area (Å²) < 4.78 is 5.65. The van der Waals surface area contributed by atoms with Gasteiger partial charge in [0.1, 0.15) is 5.75 Å². The summed E-state index contributed by atoms with van der Waals surface area (Å²) in [5.74, 6) is 0.537. The van der Waals surface area contributed by atoms with E-state index >= 15 is 0 Å². The molecule has 1 N–H and O–H groups in total. The lowest BCUT2D eigenvalue weighted by molar-refractivity contribution is -0.129. The second-order valence-electron chi connectivity index (χ2n) is 6.90. The Balaban J connectivity index is 1.40. The Labute approximate surface area is 153 Å². The summed E-state index contributed by atoms with van der Waals surface area (Å²) in [4.78, 5) is 26.8. The van der Waals surface area contributed by atoms with Crippen molar-refractivity contribution >= 4 is 11.8 Å². The first-order chi connectivity index (χ1) is 12.7. The van der Waals surface area contributed by atoms with Gasteiger partial charge in [0.25, 0.3) is 0 Å². The van der Waals surface area contributed by atoms with Gasteiger partial charge < -0.3 is 15.0 Å². The lowest BCUT2D eigenvalue weighted by Crippen LogP contribution is -2.37. The molecular weight excluding hydrogens is 328 g/mol. The Kier molecular flexibility index (Phi) is 4.61. The molecule has 5 heteroatoms. The van der Waals surface area contributed by atoms with Gasteiger partial charge in [-0.15, -0.1) is 0 Å². The topological polar surface area (TPSA) is 58.6 Å². The Hall–Kier alpha value is -2.82. The molecule has 2 amide bonds. The van der Waals surface area contributed by atoms with Crippen LogP contribution in [-0.4, -0.2) is 29.9 Å². The highest BCUT2D eigenvalue weighted by Gasteiger charge is 2.35. The predicted octanol–water partition coefficient (Wildman–Crippen LogP) is 2.68. The fourth-order valence-corrected chi connectivity index (χ4v) is 3.69. The van der Waals surface area contributed by atoms with Crippen LogP contribution in [0.1, 0.15) is 30.0 Å². The van der Waals surface area contributed by atoms with Crippen molar-refractivity contribution in [3.63, 3.8) is 0 Å². The second-order valence-corrected chi connectivity index (χ2v) is 6.90. The van der Waals surface area contributed by atoms with Crippen molar-refractivity contribution in [2.75, 3.05) is 13.2 Å². The van der Waals surface area contributed by atoms with Crippen molar-refractivity contribution in [2.45, 2.75) is 25.4 Å². The van der Waals surface area contributed by atoms with Crippen molar-refractivity contribution in [3.05, 3.63) is 65.7 Å². The van der Waals surface area contributed by atoms with Crippen LogP contribution in [-0.2, 0) is 16.1 Å². The lowest BCUT2D eigenvalue weighted by atomic mass is 9.99. The van der Waals surface area contributed by atoms with Crippen LogP contribution in [0.25, 0.3) is 0 Å². The van der Waals surface area contributed by atoms with E-state index in [0.29, 0.717) is 19.7 Å². The number of nitrogens with one attached hydrogen (secondary N) is 1. The summed E-state index contributed by atoms with van der Waals surface area (Å²) in [5.41, 5.74) is 2.10. The first-order valence-electron chi connectivity index (χ1n) is 9.04. The van der Waals surface area contributed by atoms with E-state index in [1.165, 1.54) is 0 Å². The van der Waals surface area contributed by atoms with Gasteiger partial charge in [-0.05, 0) is 11.6 Å². The molecule has 0 bridgehead atoms. The van der Waals surface area contributed by atoms with Crippen molar-refractivity contribution in [2.24, 2.45) is 5.92 Å². The molecule has 26 heavy (non-hydrogen) atoms. The number of carbonyl (C=O) groups is 2. The number of rotatable bonds is 4. The van der Waals surface area contributed by atoms with Gasteiger partial charge in [-0.3, -0.25) is 9.59 Å². The van der Waals surface area contributed by atoms with Crippen molar-refractivity contribution in [1.29, 1.82) is 0 Å². The van der Waals surface area contributed by atoms with Crippen LogP contribution >= 0.6 is 0 Å². The number of likely N-dealkylation sites (tertiary alicyclic amines) is 1. The third-order valence-corrected chi connectivity index (χ3v) is 5.08. The zero-order valence-electron chi connectivity index (χ0n) is 14.6. The minimum Gasteiger partial charge on any atom is -0.493 e. The van der Waals surface area contributed by atoms with Crippen molar-refractivity contribution < 1.29 is 14.3 Å². The molecule has 4 rings (SSSR count). The molecule has 2 heterocycles. The second kappa shape index (κ2) is 7.20. The highest BCUT2D eigenvalue weighted by atomic mass is 16.5. The zero-order chi connectivity index (χ0) is 17.9. The summed E-state index contributed by atoms with van der Waals surface area (Å²) in [5, 5.41) is 3.12. The van der Waals surface area contributed by atoms with E-state index < -0.39 is 0 Å². The molecule has 2 aliphatic heterocycles. The van der Waals surface area contributed by atoms with Gasteiger partial charge in [0.2, 0.25) is 11.8 Å². The molecule has 0 spiro atoms. The van der Waals surface area contributed by atoms with E-state index in [4.69, 9.17) is 4.74 Å². The smallest absolute Gasteiger partial charge is 0.225 e. The van der Waals surface area contributed by atoms with Crippen LogP contribution in [0.5, 0.6) is 5.75 Å². The fourth-order valence-electron chi connectivity index (χ4n) is 3.69. The number of hydrogen-bond acceptors (Lipinski definition) is 3. The van der Waals surface area contributed by atoms with Crippen LogP contribution in [0.4, 0.5) is 0 Å². The van der Waals surface area contributed by atoms with Gasteiger partial charge in [0.15, 0.2) is 0 Å². The van der Waals surface area contributed by atoms with Crippen LogP contribution in [0.2, 0.25) is 0 Å². The van der Waals surface area contributed by atoms with E-state index in [9.17, 15) is 9.59 Å². The zero-order valence-corrected chi connectivity index (χ0v) is 14.6. The molecule has 1 fully saturated rings. The number of para-hydroxylation sites is 1. The van der Waals surface area contributed by atoms with Crippen molar-refractivity contribution in [3.8, 4) is 5.75 Å². The molecule has 5 nitrogen and oxygen atoms in total. The Morgan fingerprint density at radius 1 is 1.12 bits per heavy atom. The summed E-state index contributed by atoms with van der Waals surface area (Å²) in [6.07, 6.45) is 1.03. The molecule has 0 unspecified atom stereocenters. The summed E-state index contributed by atoms with van der Waals surface area (Å²) in [7, 11) is 0. The average molecular weight is 350 g/mol. The first kappa shape index (κ1) is 16.6. The monoisotopic (exact) mass is 350 g/mol. The van der Waals surface area contributed by atoms with Crippen molar-refractivity contribution in [1.82, 2.24) is 10.2 Å². The molecule has 134 valence electrons. The first-order valence-corrected chi connectivity index (χ1v) is 9.04. The van der Waals surface area contributed by atoms with Gasteiger partial charge in [-0.25, -0.2) is 0 Å². The number of ether oxygens (including phenoxy) is 1. The number of carbonyl (C=O) groups excluding carboxylic acids is 2. The normalized spacial score (nSPS) is 21.8. The quantitative estimate of drug-likeness (QED) is 0.922. The number of hydrogen-bond donors (Lipinski definition) is 1. The van der Waals surface area contributed by atoms with E-state index in [0.717, 1.165) is 23.3 Å². The average Bonchev–Trinajstić information content (AvgIpc) is 3.03. The molecule has 2 aromatic carbocycles. The highest BCUT2D eigenvalue weighted by molar-refractivity contribution is 5.89. The third kappa shape index (κ3) is 3.43. The molecular formula is C21H22N2O3. The van der Waals surface area contributed by atoms with Gasteiger partial charge in [0, 0.05) is 31.5 Å². The molecule has 0 aliphatic carbocycles. The summed E-state index contributed by atoms with van der Waals surface area (Å²) >= 11 is 0. The Morgan fingerprint density at radius 3 is 2.73 bits per heavy atom. The maximum absolute atomic E-state index is 12.7. The SMILES string of the molecule is O=C(N[C@H]1CCOc2ccccc21)[C@H]1CC(=O)N(Cc2ccccc2)C1. The van der Waals surface area contributed by atoms with Crippen LogP contribution in [0, 0.1) is 5.92 Å². The molecule has 0 radical (unpaired) electrons. The van der Waals surface area contributed by atoms with E-state index in [1.54, 1.807) is 4.90 Å². The lowest BCUT2D eigenvalue weighted by Gasteiger charge is -2.27. The van der Waals surface area contributed by atoms with Gasteiger partial charge in [-0.2, -0.15) is 0 Å². The Morgan fingerprint density at radius 2 is 1.88 bits per heavy atom. The van der Waals surface area contributed by atoms with Gasteiger partial charge in [-0.1, -0.05) is 48.5 Å². The fraction of sp³-hybridized carbons (Fsp3) is 0.333. The summed E-state index contributed by atoms with van der Waals surface area (Å²) in [6, 6.07) is 17.6. The predicted molar refractivity (Wildman–Crippen MR) is 97.4 cm³/mol. The number of amides is 2. The highest BCUT2D eigenvalue weighted by Crippen LogP contribution is 2.32. The molecule has 1 saturated heterocycles. The molecule has 2 atom stereocenters. The van der Waals surface area contributed by atoms with Gasteiger partial charge >= 0.3 is 0 Å². The van der Waals surface area contributed by atoms with Crippen LogP contribution in [0.3, 0.4) is 0 Å². The third-order valence-electron chi connectivity index (χ3n) is 5.08. The van der Waals surface area contributed by atoms with Crippen LogP contribution in [0.15, 0.2) is 54.6 Å². The molecule has 0 saturated carbocycles. The minimum atomic E-state index is -0.291. The number of fused-ring (bicyclic) bond motifs is 1. The largest absolute Gasteiger partial charge is 0.493 e. The van der Waals surface area contributed by atoms with E-state index in [1.807, 2.05) is 54.6 Å². The number of benzene rings is 2.